The number of imide groups is 1. The van der Waals surface area contributed by atoms with E-state index in [1.54, 1.807) is 45.0 Å². The molecule has 0 aromatic heterocycles. The van der Waals surface area contributed by atoms with Crippen LogP contribution in [-0.2, 0) is 73.3 Å². The summed E-state index contributed by atoms with van der Waals surface area (Å²) in [5.74, 6) is -2.15. The van der Waals surface area contributed by atoms with E-state index >= 15 is 0 Å². The molecule has 346 valence electrons. The van der Waals surface area contributed by atoms with E-state index in [2.05, 4.69) is 21.3 Å². The van der Waals surface area contributed by atoms with Crippen LogP contribution in [0.5, 0.6) is 0 Å². The quantitative estimate of drug-likeness (QED) is 0.0434. The van der Waals surface area contributed by atoms with E-state index in [1.165, 1.54) is 0 Å². The molecule has 2 atom stereocenters. The highest BCUT2D eigenvalue weighted by Gasteiger charge is 2.29. The molecule has 0 aliphatic carbocycles. The molecule has 1 aliphatic rings. The molecule has 0 spiro atoms. The van der Waals surface area contributed by atoms with Crippen LogP contribution in [0, 0.1) is 5.92 Å². The Labute approximate surface area is 358 Å². The average molecular weight is 870 g/mol. The van der Waals surface area contributed by atoms with E-state index in [4.69, 9.17) is 43.0 Å². The first-order chi connectivity index (χ1) is 29.5. The van der Waals surface area contributed by atoms with Crippen LogP contribution in [0.1, 0.15) is 52.0 Å². The van der Waals surface area contributed by atoms with Crippen molar-refractivity contribution < 1.29 is 71.8 Å². The summed E-state index contributed by atoms with van der Waals surface area (Å²) in [6.45, 7) is 11.5. The molecule has 1 heterocycles. The van der Waals surface area contributed by atoms with Crippen molar-refractivity contribution in [1.82, 2.24) is 20.9 Å². The zero-order valence-electron chi connectivity index (χ0n) is 35.9. The van der Waals surface area contributed by atoms with Gasteiger partial charge in [0.1, 0.15) is 12.1 Å². The number of carbonyl (C=O) groups is 6. The molecule has 0 unspecified atom stereocenters. The number of likely N-dealkylation sites (tertiary alicyclic amines) is 1. The van der Waals surface area contributed by atoms with Crippen molar-refractivity contribution in [2.45, 2.75) is 65.1 Å². The van der Waals surface area contributed by atoms with Gasteiger partial charge >= 0.3 is 0 Å². The maximum Gasteiger partial charge on any atom is 0.246 e. The van der Waals surface area contributed by atoms with Crippen molar-refractivity contribution in [2.75, 3.05) is 124 Å². The lowest BCUT2D eigenvalue weighted by molar-refractivity contribution is -0.138. The molecule has 6 amide bonds. The molecule has 61 heavy (non-hydrogen) atoms. The Hall–Kier alpha value is -4.12. The molecule has 1 fully saturated rings. The number of amides is 6. The van der Waals surface area contributed by atoms with Crippen molar-refractivity contribution in [3.63, 3.8) is 0 Å². The van der Waals surface area contributed by atoms with Gasteiger partial charge < -0.3 is 64.3 Å². The second-order valence-corrected chi connectivity index (χ2v) is 14.1. The number of ether oxygens (including phenoxy) is 8. The fourth-order valence-corrected chi connectivity index (χ4v) is 5.34. The minimum absolute atomic E-state index is 0.0546. The summed E-state index contributed by atoms with van der Waals surface area (Å²) < 4.78 is 43.7. The maximum atomic E-state index is 12.9. The summed E-state index contributed by atoms with van der Waals surface area (Å²) >= 11 is 0. The summed E-state index contributed by atoms with van der Waals surface area (Å²) in [5, 5.41) is 19.9. The third kappa shape index (κ3) is 25.4. The first-order valence-electron chi connectivity index (χ1n) is 20.8. The SMILES string of the molecule is CC(C)[C@H](NC(=O)CCOCCOCCOCCOCCOCCOCCOCCOCCNC(=O)CCN1C(=O)CCC1=O)C(=O)N[C@@H](C)C(=O)Nc1ccc(CO)cc1. The summed E-state index contributed by atoms with van der Waals surface area (Å²) in [6.07, 6.45) is 0.566. The van der Waals surface area contributed by atoms with Gasteiger partial charge in [0.15, 0.2) is 0 Å². The van der Waals surface area contributed by atoms with Crippen LogP contribution >= 0.6 is 0 Å². The second-order valence-electron chi connectivity index (χ2n) is 14.1. The van der Waals surface area contributed by atoms with E-state index in [1.807, 2.05) is 0 Å². The lowest BCUT2D eigenvalue weighted by Gasteiger charge is -2.24. The topological polar surface area (TPSA) is 248 Å². The summed E-state index contributed by atoms with van der Waals surface area (Å²) in [5.41, 5.74) is 1.24. The van der Waals surface area contributed by atoms with Gasteiger partial charge in [0, 0.05) is 44.5 Å². The zero-order chi connectivity index (χ0) is 44.5. The van der Waals surface area contributed by atoms with Gasteiger partial charge in [-0.25, -0.2) is 0 Å². The minimum atomic E-state index is -0.848. The van der Waals surface area contributed by atoms with Crippen molar-refractivity contribution in [3.8, 4) is 0 Å². The molecular formula is C41H67N5O15. The van der Waals surface area contributed by atoms with Crippen molar-refractivity contribution in [2.24, 2.45) is 5.92 Å². The first-order valence-corrected chi connectivity index (χ1v) is 20.8. The van der Waals surface area contributed by atoms with E-state index in [0.717, 1.165) is 4.90 Å². The Morgan fingerprint density at radius 2 is 1.03 bits per heavy atom. The summed E-state index contributed by atoms with van der Waals surface area (Å²) in [6, 6.07) is 5.02. The van der Waals surface area contributed by atoms with Crippen molar-refractivity contribution in [3.05, 3.63) is 29.8 Å². The fraction of sp³-hybridized carbons (Fsp3) is 0.707. The molecule has 2 rings (SSSR count). The van der Waals surface area contributed by atoms with Crippen LogP contribution in [0.25, 0.3) is 0 Å². The number of aliphatic hydroxyl groups excluding tert-OH is 1. The fourth-order valence-electron chi connectivity index (χ4n) is 5.34. The van der Waals surface area contributed by atoms with Gasteiger partial charge in [-0.05, 0) is 30.5 Å². The lowest BCUT2D eigenvalue weighted by Crippen LogP contribution is -2.53. The third-order valence-corrected chi connectivity index (χ3v) is 8.79. The van der Waals surface area contributed by atoms with Crippen LogP contribution in [0.2, 0.25) is 0 Å². The smallest absolute Gasteiger partial charge is 0.246 e. The van der Waals surface area contributed by atoms with E-state index in [-0.39, 0.29) is 75.0 Å². The van der Waals surface area contributed by atoms with E-state index in [0.29, 0.717) is 117 Å². The van der Waals surface area contributed by atoms with Crippen molar-refractivity contribution in [1.29, 1.82) is 0 Å². The number of nitrogens with zero attached hydrogens (tertiary/aromatic N) is 1. The number of hydrogen-bond donors (Lipinski definition) is 5. The van der Waals surface area contributed by atoms with Gasteiger partial charge in [-0.15, -0.1) is 0 Å². The summed E-state index contributed by atoms with van der Waals surface area (Å²) in [4.78, 5) is 74.0. The highest BCUT2D eigenvalue weighted by Crippen LogP contribution is 2.12. The molecule has 1 aromatic rings. The standard InChI is InChI=1S/C41H67N5O15/c1-31(2)39(41(53)43-32(3)40(52)44-34-6-4-33(30-47)5-7-34)45-36(49)11-14-54-16-18-56-20-22-58-24-26-60-28-29-61-27-25-59-23-21-57-19-17-55-15-12-42-35(48)10-13-46-37(50)8-9-38(46)51/h4-7,31-32,39,47H,8-30H2,1-3H3,(H,42,48)(H,43,53)(H,44,52)(H,45,49)/t32-,39-/m0/s1. The number of anilines is 1. The van der Waals surface area contributed by atoms with Gasteiger partial charge in [0.05, 0.1) is 112 Å². The Morgan fingerprint density at radius 1 is 0.590 bits per heavy atom. The van der Waals surface area contributed by atoms with Gasteiger partial charge in [-0.3, -0.25) is 33.7 Å². The van der Waals surface area contributed by atoms with Gasteiger partial charge in [-0.1, -0.05) is 26.0 Å². The van der Waals surface area contributed by atoms with Gasteiger partial charge in [0.25, 0.3) is 0 Å². The number of carbonyl (C=O) groups excluding carboxylic acids is 6. The Morgan fingerprint density at radius 3 is 1.48 bits per heavy atom. The summed E-state index contributed by atoms with van der Waals surface area (Å²) in [7, 11) is 0. The molecule has 0 bridgehead atoms. The Bertz CT molecular complexity index is 1400. The lowest BCUT2D eigenvalue weighted by atomic mass is 10.0. The largest absolute Gasteiger partial charge is 0.392 e. The third-order valence-electron chi connectivity index (χ3n) is 8.79. The van der Waals surface area contributed by atoms with Crippen molar-refractivity contribution >= 4 is 41.1 Å². The molecular weight excluding hydrogens is 802 g/mol. The predicted octanol–water partition coefficient (Wildman–Crippen LogP) is -0.0589. The molecule has 5 N–H and O–H groups in total. The molecule has 0 saturated carbocycles. The van der Waals surface area contributed by atoms with Crippen LogP contribution in [0.15, 0.2) is 24.3 Å². The number of aliphatic hydroxyl groups is 1. The van der Waals surface area contributed by atoms with Crippen LogP contribution in [0.4, 0.5) is 5.69 Å². The maximum absolute atomic E-state index is 12.9. The van der Waals surface area contributed by atoms with Crippen LogP contribution < -0.4 is 21.3 Å². The highest BCUT2D eigenvalue weighted by atomic mass is 16.6. The Kier molecular flexibility index (Phi) is 29.1. The molecule has 1 saturated heterocycles. The van der Waals surface area contributed by atoms with Crippen LogP contribution in [0.3, 0.4) is 0 Å². The molecule has 20 nitrogen and oxygen atoms in total. The monoisotopic (exact) mass is 869 g/mol. The van der Waals surface area contributed by atoms with Gasteiger partial charge in [0.2, 0.25) is 35.4 Å². The average Bonchev–Trinajstić information content (AvgIpc) is 3.57. The normalized spacial score (nSPS) is 13.7. The molecule has 20 heteroatoms. The minimum Gasteiger partial charge on any atom is -0.392 e. The number of hydrogen-bond acceptors (Lipinski definition) is 15. The van der Waals surface area contributed by atoms with E-state index in [9.17, 15) is 28.8 Å². The van der Waals surface area contributed by atoms with Crippen LogP contribution in [-0.4, -0.2) is 176 Å². The highest BCUT2D eigenvalue weighted by molar-refractivity contribution is 6.02. The predicted molar refractivity (Wildman–Crippen MR) is 220 cm³/mol. The first kappa shape index (κ1) is 53.0. The number of nitrogens with one attached hydrogen (secondary N) is 4. The second kappa shape index (κ2) is 33.5. The number of rotatable bonds is 37. The number of benzene rings is 1. The molecule has 1 aliphatic heterocycles. The van der Waals surface area contributed by atoms with Gasteiger partial charge in [-0.2, -0.15) is 0 Å². The molecule has 1 aromatic carbocycles. The Balaban J connectivity index is 1.29. The van der Waals surface area contributed by atoms with E-state index < -0.39 is 23.9 Å². The zero-order valence-corrected chi connectivity index (χ0v) is 35.9. The molecule has 0 radical (unpaired) electrons.